The zero-order chi connectivity index (χ0) is 33.5. The van der Waals surface area contributed by atoms with Crippen LogP contribution < -0.4 is 0 Å². The van der Waals surface area contributed by atoms with E-state index in [1.807, 2.05) is 89.5 Å². The Morgan fingerprint density at radius 1 is 0.469 bits per heavy atom. The van der Waals surface area contributed by atoms with Crippen LogP contribution in [0.2, 0.25) is 0 Å². The molecule has 0 bridgehead atoms. The summed E-state index contributed by atoms with van der Waals surface area (Å²) in [6, 6.07) is 43.3. The average Bonchev–Trinajstić information content (AvgIpc) is 3.47. The molecule has 8 aromatic rings. The SMILES string of the molecule is N#Cc1ccc2c(c1)c1cc(C#N)ccc1n2-c1cc(-c2nc(-c3ccccc3)nc(-c3ccccc3)n2)ccc1-c1cc(F)cc(F)c1. The van der Waals surface area contributed by atoms with Crippen molar-refractivity contribution in [3.63, 3.8) is 0 Å². The molecule has 49 heavy (non-hydrogen) atoms. The van der Waals surface area contributed by atoms with Crippen LogP contribution in [0.4, 0.5) is 8.78 Å². The van der Waals surface area contributed by atoms with E-state index in [0.29, 0.717) is 51.0 Å². The topological polar surface area (TPSA) is 91.2 Å². The van der Waals surface area contributed by atoms with Crippen molar-refractivity contribution in [1.29, 1.82) is 10.5 Å². The number of hydrogen-bond acceptors (Lipinski definition) is 5. The van der Waals surface area contributed by atoms with E-state index in [4.69, 9.17) is 15.0 Å². The van der Waals surface area contributed by atoms with E-state index in [9.17, 15) is 19.3 Å². The molecular weight excluding hydrogens is 614 g/mol. The summed E-state index contributed by atoms with van der Waals surface area (Å²) in [7, 11) is 0. The van der Waals surface area contributed by atoms with Crippen LogP contribution in [0.3, 0.4) is 0 Å². The van der Waals surface area contributed by atoms with Gasteiger partial charge in [-0.05, 0) is 60.2 Å². The van der Waals surface area contributed by atoms with Crippen LogP contribution in [0.1, 0.15) is 11.1 Å². The summed E-state index contributed by atoms with van der Waals surface area (Å²) < 4.78 is 31.3. The number of hydrogen-bond donors (Lipinski definition) is 0. The highest BCUT2D eigenvalue weighted by Crippen LogP contribution is 2.39. The molecule has 0 radical (unpaired) electrons. The van der Waals surface area contributed by atoms with Crippen LogP contribution in [0, 0.1) is 34.3 Å². The quantitative estimate of drug-likeness (QED) is 0.188. The Hall–Kier alpha value is -7.03. The van der Waals surface area contributed by atoms with Crippen molar-refractivity contribution < 1.29 is 8.78 Å². The van der Waals surface area contributed by atoms with E-state index in [1.54, 1.807) is 30.3 Å². The molecule has 0 saturated heterocycles. The van der Waals surface area contributed by atoms with Crippen LogP contribution in [0.5, 0.6) is 0 Å². The van der Waals surface area contributed by atoms with Gasteiger partial charge in [-0.2, -0.15) is 10.5 Å². The van der Waals surface area contributed by atoms with Crippen molar-refractivity contribution in [3.05, 3.63) is 156 Å². The molecule has 8 heteroatoms. The number of fused-ring (bicyclic) bond motifs is 3. The van der Waals surface area contributed by atoms with Gasteiger partial charge in [0, 0.05) is 39.1 Å². The third-order valence-corrected chi connectivity index (χ3v) is 8.39. The van der Waals surface area contributed by atoms with Crippen LogP contribution >= 0.6 is 0 Å². The summed E-state index contributed by atoms with van der Waals surface area (Å²) in [5.41, 5.74) is 6.17. The maximum atomic E-state index is 14.7. The second kappa shape index (κ2) is 12.0. The van der Waals surface area contributed by atoms with Crippen molar-refractivity contribution in [2.75, 3.05) is 0 Å². The Labute approximate surface area is 279 Å². The number of nitriles is 2. The molecular formula is C41H22F2N6. The molecule has 8 rings (SSSR count). The highest BCUT2D eigenvalue weighted by molar-refractivity contribution is 6.10. The summed E-state index contributed by atoms with van der Waals surface area (Å²) in [6.45, 7) is 0. The molecule has 6 nitrogen and oxygen atoms in total. The molecule has 2 aromatic heterocycles. The lowest BCUT2D eigenvalue weighted by atomic mass is 10.00. The van der Waals surface area contributed by atoms with Gasteiger partial charge in [-0.25, -0.2) is 23.7 Å². The fraction of sp³-hybridized carbons (Fsp3) is 0. The minimum absolute atomic E-state index is 0.335. The van der Waals surface area contributed by atoms with Gasteiger partial charge in [-0.3, -0.25) is 0 Å². The van der Waals surface area contributed by atoms with Crippen molar-refractivity contribution in [3.8, 4) is 63.1 Å². The third-order valence-electron chi connectivity index (χ3n) is 8.39. The Kier molecular flexibility index (Phi) is 7.17. The number of halogens is 2. The van der Waals surface area contributed by atoms with Gasteiger partial charge in [-0.1, -0.05) is 72.8 Å². The molecule has 230 valence electrons. The first-order chi connectivity index (χ1) is 24.0. The molecule has 6 aromatic carbocycles. The smallest absolute Gasteiger partial charge is 0.164 e. The normalized spacial score (nSPS) is 11.0. The molecule has 0 unspecified atom stereocenters. The summed E-state index contributed by atoms with van der Waals surface area (Å²) >= 11 is 0. The Bertz CT molecular complexity index is 2500. The first-order valence-electron chi connectivity index (χ1n) is 15.4. The Balaban J connectivity index is 1.44. The molecule has 0 aliphatic carbocycles. The van der Waals surface area contributed by atoms with Gasteiger partial charge in [-0.15, -0.1) is 0 Å². The van der Waals surface area contributed by atoms with Crippen molar-refractivity contribution in [2.45, 2.75) is 0 Å². The van der Waals surface area contributed by atoms with E-state index in [0.717, 1.165) is 39.0 Å². The fourth-order valence-corrected chi connectivity index (χ4v) is 6.17. The molecule has 0 spiro atoms. The van der Waals surface area contributed by atoms with Crippen molar-refractivity contribution in [1.82, 2.24) is 19.5 Å². The minimum Gasteiger partial charge on any atom is -0.309 e. The largest absolute Gasteiger partial charge is 0.309 e. The molecule has 0 atom stereocenters. The molecule has 0 aliphatic rings. The summed E-state index contributed by atoms with van der Waals surface area (Å²) in [5, 5.41) is 20.9. The molecule has 0 amide bonds. The lowest BCUT2D eigenvalue weighted by Crippen LogP contribution is -2.02. The highest BCUT2D eigenvalue weighted by atomic mass is 19.1. The summed E-state index contributed by atoms with van der Waals surface area (Å²) in [5.74, 6) is -0.0197. The zero-order valence-electron chi connectivity index (χ0n) is 25.6. The highest BCUT2D eigenvalue weighted by Gasteiger charge is 2.20. The van der Waals surface area contributed by atoms with Crippen molar-refractivity contribution >= 4 is 21.8 Å². The van der Waals surface area contributed by atoms with Gasteiger partial charge in [0.25, 0.3) is 0 Å². The van der Waals surface area contributed by atoms with Gasteiger partial charge in [0.1, 0.15) is 11.6 Å². The number of benzene rings is 6. The van der Waals surface area contributed by atoms with Gasteiger partial charge < -0.3 is 4.57 Å². The van der Waals surface area contributed by atoms with Crippen LogP contribution in [-0.4, -0.2) is 19.5 Å². The molecule has 0 N–H and O–H groups in total. The maximum absolute atomic E-state index is 14.7. The van der Waals surface area contributed by atoms with Gasteiger partial charge >= 0.3 is 0 Å². The van der Waals surface area contributed by atoms with Crippen LogP contribution in [0.15, 0.2) is 133 Å². The predicted molar refractivity (Wildman–Crippen MR) is 185 cm³/mol. The van der Waals surface area contributed by atoms with E-state index in [1.165, 1.54) is 12.1 Å². The van der Waals surface area contributed by atoms with Crippen LogP contribution in [-0.2, 0) is 0 Å². The second-order valence-electron chi connectivity index (χ2n) is 11.5. The van der Waals surface area contributed by atoms with Gasteiger partial charge in [0.15, 0.2) is 17.5 Å². The van der Waals surface area contributed by atoms with E-state index in [2.05, 4.69) is 12.1 Å². The van der Waals surface area contributed by atoms with Gasteiger partial charge in [0.2, 0.25) is 0 Å². The molecule has 0 fully saturated rings. The van der Waals surface area contributed by atoms with E-state index >= 15 is 0 Å². The van der Waals surface area contributed by atoms with E-state index in [-0.39, 0.29) is 0 Å². The minimum atomic E-state index is -0.706. The van der Waals surface area contributed by atoms with Crippen molar-refractivity contribution in [2.24, 2.45) is 0 Å². The standard InChI is InChI=1S/C41H22F2N6/c42-31-19-30(20-32(43)22-31)33-14-13-29(41-47-39(27-7-3-1-4-8-27)46-40(48-41)28-9-5-2-6-10-28)21-38(33)49-36-15-11-25(23-44)17-34(36)35-18-26(24-45)12-16-37(35)49/h1-22H. The number of nitrogens with zero attached hydrogens (tertiary/aromatic N) is 6. The lowest BCUT2D eigenvalue weighted by Gasteiger charge is -2.16. The maximum Gasteiger partial charge on any atom is 0.164 e. The first-order valence-corrected chi connectivity index (χ1v) is 15.4. The molecule has 0 aliphatic heterocycles. The van der Waals surface area contributed by atoms with Crippen LogP contribution in [0.25, 0.3) is 72.8 Å². The fourth-order valence-electron chi connectivity index (χ4n) is 6.17. The average molecular weight is 637 g/mol. The Morgan fingerprint density at radius 3 is 1.45 bits per heavy atom. The predicted octanol–water partition coefficient (Wildman–Crippen LogP) is 9.66. The number of rotatable bonds is 5. The monoisotopic (exact) mass is 636 g/mol. The Morgan fingerprint density at radius 2 is 0.959 bits per heavy atom. The molecule has 2 heterocycles. The molecule has 0 saturated carbocycles. The second-order valence-corrected chi connectivity index (χ2v) is 11.5. The first kappa shape index (κ1) is 29.4. The summed E-state index contributed by atoms with van der Waals surface area (Å²) in [6.07, 6.45) is 0. The summed E-state index contributed by atoms with van der Waals surface area (Å²) in [4.78, 5) is 14.6. The zero-order valence-corrected chi connectivity index (χ0v) is 25.6. The third kappa shape index (κ3) is 5.34. The number of aromatic nitrogens is 4. The lowest BCUT2D eigenvalue weighted by molar-refractivity contribution is 0.584. The van der Waals surface area contributed by atoms with E-state index < -0.39 is 11.6 Å². The van der Waals surface area contributed by atoms with Gasteiger partial charge in [0.05, 0.1) is 40.0 Å².